The molecule has 0 bridgehead atoms. The van der Waals surface area contributed by atoms with Crippen LogP contribution in [0.3, 0.4) is 0 Å². The van der Waals surface area contributed by atoms with E-state index in [1.54, 1.807) is 0 Å². The van der Waals surface area contributed by atoms with E-state index in [0.717, 1.165) is 11.8 Å². The first-order valence-electron chi connectivity index (χ1n) is 7.44. The van der Waals surface area contributed by atoms with Gasteiger partial charge in [-0.15, -0.1) is 0 Å². The number of piperidine rings is 1. The summed E-state index contributed by atoms with van der Waals surface area (Å²) in [7, 11) is 0. The molecular weight excluding hydrogens is 242 g/mol. The SMILES string of the molecule is CCN1CCC(CN)(N2CCSC(C)C2C)CC1. The molecule has 0 aromatic heterocycles. The van der Waals surface area contributed by atoms with Gasteiger partial charge in [0.15, 0.2) is 0 Å². The fraction of sp³-hybridized carbons (Fsp3) is 1.00. The molecule has 2 unspecified atom stereocenters. The Morgan fingerprint density at radius 3 is 2.44 bits per heavy atom. The summed E-state index contributed by atoms with van der Waals surface area (Å²) < 4.78 is 0. The van der Waals surface area contributed by atoms with Crippen LogP contribution in [0.25, 0.3) is 0 Å². The molecule has 0 aromatic rings. The van der Waals surface area contributed by atoms with Crippen molar-refractivity contribution in [1.82, 2.24) is 9.80 Å². The van der Waals surface area contributed by atoms with Crippen molar-refractivity contribution in [1.29, 1.82) is 0 Å². The first-order chi connectivity index (χ1) is 8.63. The van der Waals surface area contributed by atoms with Crippen molar-refractivity contribution in [2.45, 2.75) is 50.4 Å². The van der Waals surface area contributed by atoms with Crippen LogP contribution in [0.15, 0.2) is 0 Å². The van der Waals surface area contributed by atoms with Gasteiger partial charge < -0.3 is 10.6 Å². The lowest BCUT2D eigenvalue weighted by Crippen LogP contribution is -2.64. The topological polar surface area (TPSA) is 32.5 Å². The van der Waals surface area contributed by atoms with Gasteiger partial charge in [0.25, 0.3) is 0 Å². The van der Waals surface area contributed by atoms with Crippen molar-refractivity contribution < 1.29 is 0 Å². The van der Waals surface area contributed by atoms with Gasteiger partial charge in [-0.25, -0.2) is 0 Å². The molecule has 2 atom stereocenters. The maximum absolute atomic E-state index is 6.20. The molecule has 2 rings (SSSR count). The van der Waals surface area contributed by atoms with Gasteiger partial charge in [-0.3, -0.25) is 4.90 Å². The van der Waals surface area contributed by atoms with E-state index >= 15 is 0 Å². The quantitative estimate of drug-likeness (QED) is 0.845. The zero-order chi connectivity index (χ0) is 13.2. The van der Waals surface area contributed by atoms with E-state index in [9.17, 15) is 0 Å². The Morgan fingerprint density at radius 2 is 1.89 bits per heavy atom. The standard InChI is InChI=1S/C14H29N3S/c1-4-16-7-5-14(11-15,6-8-16)17-9-10-18-13(3)12(17)2/h12-13H,4-11,15H2,1-3H3. The predicted molar refractivity (Wildman–Crippen MR) is 81.2 cm³/mol. The zero-order valence-corrected chi connectivity index (χ0v) is 13.0. The largest absolute Gasteiger partial charge is 0.329 e. The number of nitrogens with zero attached hydrogens (tertiary/aromatic N) is 2. The third-order valence-corrected chi connectivity index (χ3v) is 6.45. The molecule has 4 heteroatoms. The van der Waals surface area contributed by atoms with Crippen LogP contribution in [0.5, 0.6) is 0 Å². The Kier molecular flexibility index (Phi) is 4.98. The summed E-state index contributed by atoms with van der Waals surface area (Å²) in [6.45, 7) is 12.7. The minimum Gasteiger partial charge on any atom is -0.329 e. The Balaban J connectivity index is 2.07. The van der Waals surface area contributed by atoms with E-state index in [4.69, 9.17) is 5.73 Å². The van der Waals surface area contributed by atoms with Gasteiger partial charge >= 0.3 is 0 Å². The van der Waals surface area contributed by atoms with Crippen molar-refractivity contribution in [3.05, 3.63) is 0 Å². The highest BCUT2D eigenvalue weighted by molar-refractivity contribution is 8.00. The van der Waals surface area contributed by atoms with Crippen molar-refractivity contribution in [3.8, 4) is 0 Å². The highest BCUT2D eigenvalue weighted by Gasteiger charge is 2.42. The molecule has 2 aliphatic rings. The van der Waals surface area contributed by atoms with E-state index in [1.807, 2.05) is 0 Å². The Labute approximate surface area is 116 Å². The van der Waals surface area contributed by atoms with Gasteiger partial charge in [-0.2, -0.15) is 11.8 Å². The number of rotatable bonds is 3. The molecule has 0 amide bonds. The lowest BCUT2D eigenvalue weighted by atomic mass is 9.84. The lowest BCUT2D eigenvalue weighted by Gasteiger charge is -2.53. The van der Waals surface area contributed by atoms with Gasteiger partial charge in [-0.1, -0.05) is 13.8 Å². The smallest absolute Gasteiger partial charge is 0.0359 e. The zero-order valence-electron chi connectivity index (χ0n) is 12.2. The minimum atomic E-state index is 0.278. The monoisotopic (exact) mass is 271 g/mol. The summed E-state index contributed by atoms with van der Waals surface area (Å²) in [5, 5.41) is 0.742. The van der Waals surface area contributed by atoms with Gasteiger partial charge in [-0.05, 0) is 39.4 Å². The summed E-state index contributed by atoms with van der Waals surface area (Å²) in [5.41, 5.74) is 6.47. The van der Waals surface area contributed by atoms with Crippen LogP contribution in [0.2, 0.25) is 0 Å². The van der Waals surface area contributed by atoms with Crippen molar-refractivity contribution in [2.24, 2.45) is 5.73 Å². The molecule has 0 aromatic carbocycles. The van der Waals surface area contributed by atoms with Gasteiger partial charge in [0.05, 0.1) is 0 Å². The molecule has 0 saturated carbocycles. The molecule has 0 aliphatic carbocycles. The molecule has 106 valence electrons. The average Bonchev–Trinajstić information content (AvgIpc) is 2.42. The third-order valence-electron chi connectivity index (χ3n) is 5.11. The number of likely N-dealkylation sites (tertiary alicyclic amines) is 1. The van der Waals surface area contributed by atoms with Crippen molar-refractivity contribution >= 4 is 11.8 Å². The molecule has 2 heterocycles. The average molecular weight is 271 g/mol. The van der Waals surface area contributed by atoms with Crippen LogP contribution in [0, 0.1) is 0 Å². The molecule has 2 saturated heterocycles. The maximum atomic E-state index is 6.20. The number of hydrogen-bond donors (Lipinski definition) is 1. The molecule has 2 N–H and O–H groups in total. The summed E-state index contributed by atoms with van der Waals surface area (Å²) in [4.78, 5) is 5.29. The second-order valence-electron chi connectivity index (χ2n) is 5.87. The predicted octanol–water partition coefficient (Wildman–Crippen LogP) is 1.63. The number of nitrogens with two attached hydrogens (primary N) is 1. The van der Waals surface area contributed by atoms with Crippen LogP contribution in [-0.4, -0.2) is 65.1 Å². The summed E-state index contributed by atoms with van der Waals surface area (Å²) in [6.07, 6.45) is 2.50. The van der Waals surface area contributed by atoms with E-state index in [-0.39, 0.29) is 5.54 Å². The van der Waals surface area contributed by atoms with Crippen LogP contribution in [0.1, 0.15) is 33.6 Å². The first-order valence-corrected chi connectivity index (χ1v) is 8.48. The fourth-order valence-electron chi connectivity index (χ4n) is 3.50. The Bertz CT molecular complexity index is 264. The summed E-state index contributed by atoms with van der Waals surface area (Å²) in [5.74, 6) is 1.27. The maximum Gasteiger partial charge on any atom is 0.0359 e. The second kappa shape index (κ2) is 6.12. The first kappa shape index (κ1) is 14.6. The van der Waals surface area contributed by atoms with E-state index in [0.29, 0.717) is 6.04 Å². The molecular formula is C14H29N3S. The second-order valence-corrected chi connectivity index (χ2v) is 7.36. The number of hydrogen-bond acceptors (Lipinski definition) is 4. The molecule has 0 spiro atoms. The fourth-order valence-corrected chi connectivity index (χ4v) is 4.60. The van der Waals surface area contributed by atoms with Gasteiger partial charge in [0.1, 0.15) is 0 Å². The Hall–Kier alpha value is 0.230. The molecule has 3 nitrogen and oxygen atoms in total. The minimum absolute atomic E-state index is 0.278. The molecule has 2 aliphatic heterocycles. The van der Waals surface area contributed by atoms with Crippen molar-refractivity contribution in [3.63, 3.8) is 0 Å². The lowest BCUT2D eigenvalue weighted by molar-refractivity contribution is 0.00446. The van der Waals surface area contributed by atoms with E-state index in [2.05, 4.69) is 42.3 Å². The third kappa shape index (κ3) is 2.72. The highest BCUT2D eigenvalue weighted by atomic mass is 32.2. The molecule has 2 fully saturated rings. The van der Waals surface area contributed by atoms with Gasteiger partial charge in [0.2, 0.25) is 0 Å². The van der Waals surface area contributed by atoms with Crippen LogP contribution < -0.4 is 5.73 Å². The van der Waals surface area contributed by atoms with Crippen molar-refractivity contribution in [2.75, 3.05) is 38.5 Å². The number of thioether (sulfide) groups is 1. The van der Waals surface area contributed by atoms with Crippen LogP contribution in [-0.2, 0) is 0 Å². The summed E-state index contributed by atoms with van der Waals surface area (Å²) >= 11 is 2.12. The van der Waals surface area contributed by atoms with E-state index < -0.39 is 0 Å². The van der Waals surface area contributed by atoms with Crippen LogP contribution in [0.4, 0.5) is 0 Å². The Morgan fingerprint density at radius 1 is 1.22 bits per heavy atom. The normalized spacial score (nSPS) is 34.7. The molecule has 18 heavy (non-hydrogen) atoms. The summed E-state index contributed by atoms with van der Waals surface area (Å²) in [6, 6.07) is 0.667. The highest BCUT2D eigenvalue weighted by Crippen LogP contribution is 2.35. The molecule has 0 radical (unpaired) electrons. The van der Waals surface area contributed by atoms with Crippen LogP contribution >= 0.6 is 11.8 Å². The van der Waals surface area contributed by atoms with E-state index in [1.165, 1.54) is 44.8 Å². The van der Waals surface area contributed by atoms with Gasteiger partial charge in [0, 0.05) is 35.7 Å².